The molecule has 0 spiro atoms. The lowest BCUT2D eigenvalue weighted by molar-refractivity contribution is 0.513. The van der Waals surface area contributed by atoms with E-state index in [1.54, 1.807) is 0 Å². The number of halogens is 2. The Kier molecular flexibility index (Phi) is 33.3. The predicted molar refractivity (Wildman–Crippen MR) is 185 cm³/mol. The molecule has 0 aromatic rings. The maximum Gasteiger partial charge on any atom is 0.150 e. The average molecular weight is 636 g/mol. The van der Waals surface area contributed by atoms with Crippen molar-refractivity contribution in [2.24, 2.45) is 0 Å². The molecule has 0 nitrogen and oxygen atoms in total. The quantitative estimate of drug-likeness (QED) is 0.0291. The fourth-order valence-electron chi connectivity index (χ4n) is 5.77. The van der Waals surface area contributed by atoms with Gasteiger partial charge in [0.15, 0.2) is 0 Å². The minimum absolute atomic E-state index is 1.19. The minimum Gasteiger partial charge on any atom is -0.168 e. The van der Waals surface area contributed by atoms with Crippen LogP contribution in [-0.2, 0) is 0 Å². The van der Waals surface area contributed by atoms with Crippen molar-refractivity contribution in [2.45, 2.75) is 218 Å². The van der Waals surface area contributed by atoms with E-state index in [4.69, 9.17) is 11.1 Å². The van der Waals surface area contributed by atoms with Crippen LogP contribution in [0.25, 0.3) is 0 Å². The van der Waals surface area contributed by atoms with Gasteiger partial charge in [-0.2, -0.15) is 11.1 Å². The van der Waals surface area contributed by atoms with Crippen LogP contribution in [0.2, 0.25) is 19.1 Å². The Morgan fingerprint density at radius 1 is 0.316 bits per heavy atom. The van der Waals surface area contributed by atoms with Gasteiger partial charge in [0.25, 0.3) is 0 Å². The fourth-order valence-corrected chi connectivity index (χ4v) is 7.65. The van der Waals surface area contributed by atoms with Crippen molar-refractivity contribution in [1.82, 2.24) is 0 Å². The Hall–Kier alpha value is 0.987. The second kappa shape index (κ2) is 32.5. The summed E-state index contributed by atoms with van der Waals surface area (Å²) in [7, 11) is -1.31. The molecule has 0 heterocycles. The second-order valence-electron chi connectivity index (χ2n) is 13.1. The molecule has 38 heavy (non-hydrogen) atoms. The molecule has 0 bridgehead atoms. The summed E-state index contributed by atoms with van der Waals surface area (Å²) in [5, 5.41) is 1.19. The third-order valence-electron chi connectivity index (χ3n) is 8.40. The molecule has 0 saturated heterocycles. The van der Waals surface area contributed by atoms with Crippen LogP contribution in [0, 0.1) is 0 Å². The largest absolute Gasteiger partial charge is 0.168 e. The number of hydrogen-bond donors (Lipinski definition) is 0. The molecule has 0 atom stereocenters. The van der Waals surface area contributed by atoms with Crippen LogP contribution in [0.15, 0.2) is 0 Å². The number of rotatable bonds is 33. The predicted octanol–water partition coefficient (Wildman–Crippen LogP) is 14.9. The van der Waals surface area contributed by atoms with Gasteiger partial charge in [-0.3, -0.25) is 0 Å². The molecular formula is C35H72BrClSi. The number of hydrogen-bond acceptors (Lipinski definition) is 0. The third kappa shape index (κ3) is 37.0. The molecule has 230 valence electrons. The normalized spacial score (nSPS) is 12.0. The summed E-state index contributed by atoms with van der Waals surface area (Å²) >= 11 is 9.91. The van der Waals surface area contributed by atoms with E-state index in [0.29, 0.717) is 0 Å². The zero-order chi connectivity index (χ0) is 27.8. The molecule has 0 saturated carbocycles. The van der Waals surface area contributed by atoms with Gasteiger partial charge in [0.2, 0.25) is 0 Å². The molecule has 0 fully saturated rings. The highest BCUT2D eigenvalue weighted by molar-refractivity contribution is 9.09. The van der Waals surface area contributed by atoms with Crippen LogP contribution in [-0.4, -0.2) is 12.7 Å². The van der Waals surface area contributed by atoms with Crippen molar-refractivity contribution in [3.8, 4) is 0 Å². The zero-order valence-electron chi connectivity index (χ0n) is 26.6. The van der Waals surface area contributed by atoms with Gasteiger partial charge in [-0.05, 0) is 12.5 Å². The second-order valence-corrected chi connectivity index (χ2v) is 20.9. The fraction of sp³-hybridized carbons (Fsp3) is 1.00. The third-order valence-corrected chi connectivity index (χ3v) is 11.1. The van der Waals surface area contributed by atoms with E-state index < -0.39 is 7.38 Å². The van der Waals surface area contributed by atoms with Crippen molar-refractivity contribution in [1.29, 1.82) is 0 Å². The van der Waals surface area contributed by atoms with Crippen LogP contribution < -0.4 is 0 Å². The summed E-state index contributed by atoms with van der Waals surface area (Å²) in [6.45, 7) is 4.55. The van der Waals surface area contributed by atoms with Gasteiger partial charge in [0.1, 0.15) is 7.38 Å². The van der Waals surface area contributed by atoms with Gasteiger partial charge in [-0.25, -0.2) is 0 Å². The first kappa shape index (κ1) is 39.0. The summed E-state index contributed by atoms with van der Waals surface area (Å²) in [5.41, 5.74) is 0. The molecule has 0 aliphatic carbocycles. The van der Waals surface area contributed by atoms with Gasteiger partial charge in [0, 0.05) is 5.33 Å². The van der Waals surface area contributed by atoms with Gasteiger partial charge in [-0.15, -0.1) is 0 Å². The standard InChI is InChI=1S/C35H72BrClSi/c1-38(2,37)35-33-31-29-27-25-23-21-19-17-15-13-11-9-7-5-3-4-6-8-10-12-14-16-18-20-22-24-26-28-30-32-34-36/h3-35H2,1-2H3. The molecule has 0 amide bonds. The van der Waals surface area contributed by atoms with Crippen molar-refractivity contribution in [3.63, 3.8) is 0 Å². The molecule has 0 aromatic carbocycles. The number of alkyl halides is 1. The van der Waals surface area contributed by atoms with Crippen LogP contribution in [0.1, 0.15) is 199 Å². The molecule has 3 heteroatoms. The Labute approximate surface area is 256 Å². The van der Waals surface area contributed by atoms with Gasteiger partial charge >= 0.3 is 0 Å². The minimum atomic E-state index is -1.31. The Morgan fingerprint density at radius 2 is 0.474 bits per heavy atom. The SMILES string of the molecule is C[Si](C)(Cl)CCCCCCCCCCCCCCCCCCCCCCCCCCCCCCCCCBr. The Bertz CT molecular complexity index is 423. The summed E-state index contributed by atoms with van der Waals surface area (Å²) in [6.07, 6.45) is 45.4. The van der Waals surface area contributed by atoms with Crippen molar-refractivity contribution >= 4 is 34.4 Å². The van der Waals surface area contributed by atoms with Crippen molar-refractivity contribution in [3.05, 3.63) is 0 Å². The molecular weight excluding hydrogens is 564 g/mol. The summed E-state index contributed by atoms with van der Waals surface area (Å²) in [6, 6.07) is 1.30. The maximum atomic E-state index is 6.39. The van der Waals surface area contributed by atoms with Crippen molar-refractivity contribution in [2.75, 3.05) is 5.33 Å². The molecule has 0 N–H and O–H groups in total. The van der Waals surface area contributed by atoms with Crippen LogP contribution in [0.4, 0.5) is 0 Å². The smallest absolute Gasteiger partial charge is 0.150 e. The zero-order valence-corrected chi connectivity index (χ0v) is 29.9. The molecule has 0 radical (unpaired) electrons. The first-order valence-corrected chi connectivity index (χ1v) is 23.2. The lowest BCUT2D eigenvalue weighted by Gasteiger charge is -2.11. The summed E-state index contributed by atoms with van der Waals surface area (Å²) < 4.78 is 0. The Balaban J connectivity index is 3.04. The summed E-state index contributed by atoms with van der Waals surface area (Å²) in [4.78, 5) is 0. The van der Waals surface area contributed by atoms with Crippen molar-refractivity contribution < 1.29 is 0 Å². The lowest BCUT2D eigenvalue weighted by atomic mass is 10.0. The number of unbranched alkanes of at least 4 members (excludes halogenated alkanes) is 30. The van der Waals surface area contributed by atoms with Gasteiger partial charge < -0.3 is 0 Å². The monoisotopic (exact) mass is 634 g/mol. The summed E-state index contributed by atoms with van der Waals surface area (Å²) in [5.74, 6) is 0. The van der Waals surface area contributed by atoms with E-state index in [2.05, 4.69) is 29.0 Å². The van der Waals surface area contributed by atoms with Crippen LogP contribution in [0.3, 0.4) is 0 Å². The van der Waals surface area contributed by atoms with Crippen LogP contribution in [0.5, 0.6) is 0 Å². The van der Waals surface area contributed by atoms with Gasteiger partial charge in [0.05, 0.1) is 0 Å². The first-order valence-electron chi connectivity index (χ1n) is 17.8. The topological polar surface area (TPSA) is 0 Å². The lowest BCUT2D eigenvalue weighted by Crippen LogP contribution is -2.14. The van der Waals surface area contributed by atoms with E-state index in [-0.39, 0.29) is 0 Å². The average Bonchev–Trinajstić information content (AvgIpc) is 2.88. The molecule has 0 unspecified atom stereocenters. The Morgan fingerprint density at radius 3 is 0.632 bits per heavy atom. The van der Waals surface area contributed by atoms with E-state index in [9.17, 15) is 0 Å². The highest BCUT2D eigenvalue weighted by Gasteiger charge is 2.15. The van der Waals surface area contributed by atoms with Gasteiger partial charge in [-0.1, -0.05) is 222 Å². The van der Waals surface area contributed by atoms with E-state index >= 15 is 0 Å². The molecule has 0 aliphatic rings. The molecule has 0 rings (SSSR count). The van der Waals surface area contributed by atoms with E-state index in [1.807, 2.05) is 0 Å². The highest BCUT2D eigenvalue weighted by atomic mass is 79.9. The van der Waals surface area contributed by atoms with E-state index in [0.717, 1.165) is 0 Å². The molecule has 0 aromatic heterocycles. The highest BCUT2D eigenvalue weighted by Crippen LogP contribution is 2.20. The maximum absolute atomic E-state index is 6.39. The molecule has 0 aliphatic heterocycles. The first-order chi connectivity index (χ1) is 18.6. The van der Waals surface area contributed by atoms with E-state index in [1.165, 1.54) is 210 Å². The van der Waals surface area contributed by atoms with Crippen LogP contribution >= 0.6 is 27.0 Å².